The second-order valence-electron chi connectivity index (χ2n) is 4.36. The van der Waals surface area contributed by atoms with E-state index in [-0.39, 0.29) is 5.69 Å². The Morgan fingerprint density at radius 3 is 3.00 bits per heavy atom. The monoisotopic (exact) mass is 300 g/mol. The third-order valence-electron chi connectivity index (χ3n) is 3.04. The van der Waals surface area contributed by atoms with E-state index in [1.54, 1.807) is 11.3 Å². The van der Waals surface area contributed by atoms with Crippen LogP contribution in [0.4, 0.5) is 11.6 Å². The lowest BCUT2D eigenvalue weighted by Gasteiger charge is -2.06. The van der Waals surface area contributed by atoms with E-state index < -0.39 is 4.92 Å². The van der Waals surface area contributed by atoms with Crippen LogP contribution in [0.1, 0.15) is 6.92 Å². The second kappa shape index (κ2) is 5.45. The van der Waals surface area contributed by atoms with Crippen LogP contribution in [0, 0.1) is 10.1 Å². The summed E-state index contributed by atoms with van der Waals surface area (Å²) >= 11 is 1.54. The van der Waals surface area contributed by atoms with E-state index in [9.17, 15) is 10.1 Å². The van der Waals surface area contributed by atoms with Crippen molar-refractivity contribution in [3.05, 3.63) is 46.0 Å². The molecule has 0 unspecified atom stereocenters. The fourth-order valence-electron chi connectivity index (χ4n) is 2.13. The first-order valence-electron chi connectivity index (χ1n) is 6.42. The van der Waals surface area contributed by atoms with Crippen LogP contribution in [0.5, 0.6) is 0 Å². The minimum atomic E-state index is -0.447. The molecule has 0 aliphatic carbocycles. The molecule has 3 aromatic rings. The molecular weight excluding hydrogens is 288 g/mol. The number of nitrogens with zero attached hydrogens (tertiary/aromatic N) is 3. The van der Waals surface area contributed by atoms with Gasteiger partial charge >= 0.3 is 5.69 Å². The zero-order valence-corrected chi connectivity index (χ0v) is 12.1. The molecule has 0 radical (unpaired) electrons. The quantitative estimate of drug-likeness (QED) is 0.587. The Morgan fingerprint density at radius 2 is 2.24 bits per heavy atom. The molecule has 0 spiro atoms. The number of thiophene rings is 1. The van der Waals surface area contributed by atoms with Crippen molar-refractivity contribution < 1.29 is 4.92 Å². The van der Waals surface area contributed by atoms with Crippen LogP contribution in [-0.4, -0.2) is 21.4 Å². The van der Waals surface area contributed by atoms with Crippen LogP contribution < -0.4 is 5.32 Å². The third kappa shape index (κ3) is 2.43. The van der Waals surface area contributed by atoms with Crippen LogP contribution in [0.15, 0.2) is 35.8 Å². The molecule has 0 saturated carbocycles. The summed E-state index contributed by atoms with van der Waals surface area (Å²) in [4.78, 5) is 19.1. The van der Waals surface area contributed by atoms with Crippen molar-refractivity contribution in [2.45, 2.75) is 6.92 Å². The molecule has 7 heteroatoms. The normalized spacial score (nSPS) is 10.7. The maximum atomic E-state index is 11.2. The number of nitrogens with one attached hydrogen (secondary N) is 1. The number of rotatable bonds is 4. The minimum absolute atomic E-state index is 0.0856. The zero-order chi connectivity index (χ0) is 14.8. The first-order valence-corrected chi connectivity index (χ1v) is 7.30. The number of hydrogen-bond donors (Lipinski definition) is 1. The van der Waals surface area contributed by atoms with E-state index in [4.69, 9.17) is 0 Å². The Kier molecular flexibility index (Phi) is 3.49. The highest BCUT2D eigenvalue weighted by Crippen LogP contribution is 2.36. The summed E-state index contributed by atoms with van der Waals surface area (Å²) in [6, 6.07) is 7.70. The van der Waals surface area contributed by atoms with Gasteiger partial charge in [-0.2, -0.15) is 0 Å². The lowest BCUT2D eigenvalue weighted by molar-refractivity contribution is -0.384. The number of nitro groups is 1. The first kappa shape index (κ1) is 13.4. The topological polar surface area (TPSA) is 81.0 Å². The van der Waals surface area contributed by atoms with Crippen molar-refractivity contribution in [3.63, 3.8) is 0 Å². The average molecular weight is 300 g/mol. The molecule has 106 valence electrons. The van der Waals surface area contributed by atoms with Crippen LogP contribution >= 0.6 is 11.3 Å². The highest BCUT2D eigenvalue weighted by molar-refractivity contribution is 7.17. The fourth-order valence-corrected chi connectivity index (χ4v) is 3.04. The fraction of sp³-hybridized carbons (Fsp3) is 0.143. The molecular formula is C14H12N4O2S. The smallest absolute Gasteiger partial charge is 0.313 e. The maximum Gasteiger partial charge on any atom is 0.313 e. The Morgan fingerprint density at radius 1 is 1.38 bits per heavy atom. The standard InChI is InChI=1S/C14H12N4O2S/c1-2-15-14-16-8-11(18(19)20)12(17-14)10-5-3-4-9-6-7-21-13(9)10/h3-8H,2H2,1H3,(H,15,16,17). The van der Waals surface area contributed by atoms with Gasteiger partial charge in [0.25, 0.3) is 0 Å². The van der Waals surface area contributed by atoms with E-state index in [1.165, 1.54) is 6.20 Å². The lowest BCUT2D eigenvalue weighted by Crippen LogP contribution is -2.04. The Bertz CT molecular complexity index is 816. The molecule has 2 heterocycles. The molecule has 1 aromatic carbocycles. The SMILES string of the molecule is CCNc1ncc([N+](=O)[O-])c(-c2cccc3ccsc23)n1. The van der Waals surface area contributed by atoms with Crippen molar-refractivity contribution in [2.75, 3.05) is 11.9 Å². The first-order chi connectivity index (χ1) is 10.2. The average Bonchev–Trinajstić information content (AvgIpc) is 2.95. The van der Waals surface area contributed by atoms with Crippen LogP contribution in [-0.2, 0) is 0 Å². The molecule has 0 fully saturated rings. The van der Waals surface area contributed by atoms with Gasteiger partial charge in [0, 0.05) is 16.8 Å². The van der Waals surface area contributed by atoms with E-state index in [0.717, 1.165) is 15.6 Å². The summed E-state index contributed by atoms with van der Waals surface area (Å²) < 4.78 is 0.988. The van der Waals surface area contributed by atoms with Crippen molar-refractivity contribution in [1.82, 2.24) is 9.97 Å². The molecule has 0 bridgehead atoms. The number of hydrogen-bond acceptors (Lipinski definition) is 6. The summed E-state index contributed by atoms with van der Waals surface area (Å²) in [5.41, 5.74) is 1.02. The van der Waals surface area contributed by atoms with Gasteiger partial charge in [-0.25, -0.2) is 9.97 Å². The molecule has 0 saturated heterocycles. The highest BCUT2D eigenvalue weighted by Gasteiger charge is 2.20. The molecule has 21 heavy (non-hydrogen) atoms. The van der Waals surface area contributed by atoms with Crippen LogP contribution in [0.25, 0.3) is 21.3 Å². The predicted molar refractivity (Wildman–Crippen MR) is 83.7 cm³/mol. The summed E-state index contributed by atoms with van der Waals surface area (Å²) in [5, 5.41) is 17.2. The number of benzene rings is 1. The predicted octanol–water partition coefficient (Wildman–Crippen LogP) is 3.70. The molecule has 3 rings (SSSR count). The largest absolute Gasteiger partial charge is 0.354 e. The van der Waals surface area contributed by atoms with Gasteiger partial charge < -0.3 is 5.32 Å². The highest BCUT2D eigenvalue weighted by atomic mass is 32.1. The number of aromatic nitrogens is 2. The van der Waals surface area contributed by atoms with Gasteiger partial charge in [0.05, 0.1) is 4.92 Å². The maximum absolute atomic E-state index is 11.2. The number of fused-ring (bicyclic) bond motifs is 1. The molecule has 0 atom stereocenters. The molecule has 2 aromatic heterocycles. The number of anilines is 1. The van der Waals surface area contributed by atoms with Crippen molar-refractivity contribution in [2.24, 2.45) is 0 Å². The molecule has 0 aliphatic rings. The van der Waals surface area contributed by atoms with Gasteiger partial charge in [0.1, 0.15) is 6.20 Å². The van der Waals surface area contributed by atoms with Gasteiger partial charge in [0.2, 0.25) is 5.95 Å². The van der Waals surface area contributed by atoms with Crippen LogP contribution in [0.3, 0.4) is 0 Å². The summed E-state index contributed by atoms with van der Waals surface area (Å²) in [6.45, 7) is 2.57. The van der Waals surface area contributed by atoms with Crippen molar-refractivity contribution in [1.29, 1.82) is 0 Å². The van der Waals surface area contributed by atoms with Crippen molar-refractivity contribution >= 4 is 33.1 Å². The van der Waals surface area contributed by atoms with Gasteiger partial charge in [0.15, 0.2) is 5.69 Å². The third-order valence-corrected chi connectivity index (χ3v) is 4.00. The second-order valence-corrected chi connectivity index (χ2v) is 5.28. The van der Waals surface area contributed by atoms with Crippen LogP contribution in [0.2, 0.25) is 0 Å². The van der Waals surface area contributed by atoms with E-state index in [1.807, 2.05) is 36.6 Å². The summed E-state index contributed by atoms with van der Waals surface area (Å²) in [6.07, 6.45) is 1.26. The summed E-state index contributed by atoms with van der Waals surface area (Å²) in [5.74, 6) is 0.395. The van der Waals surface area contributed by atoms with Gasteiger partial charge in [-0.15, -0.1) is 11.3 Å². The summed E-state index contributed by atoms with van der Waals surface area (Å²) in [7, 11) is 0. The van der Waals surface area contributed by atoms with Gasteiger partial charge in [-0.3, -0.25) is 10.1 Å². The molecule has 0 aliphatic heterocycles. The Labute approximate surface area is 124 Å². The van der Waals surface area contributed by atoms with Crippen molar-refractivity contribution in [3.8, 4) is 11.3 Å². The van der Waals surface area contributed by atoms with Gasteiger partial charge in [-0.05, 0) is 23.8 Å². The molecule has 1 N–H and O–H groups in total. The minimum Gasteiger partial charge on any atom is -0.354 e. The van der Waals surface area contributed by atoms with Gasteiger partial charge in [-0.1, -0.05) is 18.2 Å². The van der Waals surface area contributed by atoms with E-state index in [0.29, 0.717) is 18.2 Å². The molecule has 6 nitrogen and oxygen atoms in total. The van der Waals surface area contributed by atoms with E-state index in [2.05, 4.69) is 15.3 Å². The Balaban J connectivity index is 2.26. The molecule has 0 amide bonds. The lowest BCUT2D eigenvalue weighted by atomic mass is 10.1. The zero-order valence-electron chi connectivity index (χ0n) is 11.2. The van der Waals surface area contributed by atoms with E-state index >= 15 is 0 Å². The Hall–Kier alpha value is -2.54.